The number of benzene rings is 1. The Morgan fingerprint density at radius 1 is 1.24 bits per heavy atom. The van der Waals surface area contributed by atoms with Gasteiger partial charge in [-0.3, -0.25) is 4.57 Å². The smallest absolute Gasteiger partial charge is 0.269 e. The van der Waals surface area contributed by atoms with E-state index < -0.39 is 23.7 Å². The average molecular weight is 385 g/mol. The Hall–Kier alpha value is -0.980. The maximum atomic E-state index is 13.9. The van der Waals surface area contributed by atoms with Gasteiger partial charge in [0.1, 0.15) is 0 Å². The molecule has 1 aromatic carbocycles. The largest absolute Gasteiger partial charge is 0.300 e. The van der Waals surface area contributed by atoms with Crippen molar-refractivity contribution in [3.8, 4) is 0 Å². The second-order valence-corrected chi connectivity index (χ2v) is 11.4. The van der Waals surface area contributed by atoms with Crippen molar-refractivity contribution in [2.45, 2.75) is 37.6 Å². The third-order valence-electron chi connectivity index (χ3n) is 4.60. The van der Waals surface area contributed by atoms with E-state index in [1.165, 1.54) is 4.08 Å². The van der Waals surface area contributed by atoms with Crippen molar-refractivity contribution in [1.29, 1.82) is 0 Å². The molecule has 1 fully saturated rings. The molecule has 1 aliphatic heterocycles. The van der Waals surface area contributed by atoms with Crippen LogP contribution in [-0.2, 0) is 14.6 Å². The standard InChI is InChI=1S/C17H28N3O3PS/c1-6-8-16(7-2)20(24(21)18(4)13-14-19(24)5)25(22,23)17-11-9-15(3)10-12-17/h7,9-12,16H,2,6,8,13-14H2,1,3-5H3. The molecule has 0 saturated carbocycles. The summed E-state index contributed by atoms with van der Waals surface area (Å²) in [6, 6.07) is 6.14. The Bertz CT molecular complexity index is 750. The van der Waals surface area contributed by atoms with Crippen LogP contribution in [-0.4, -0.2) is 55.1 Å². The van der Waals surface area contributed by atoms with Gasteiger partial charge in [0.2, 0.25) is 0 Å². The third kappa shape index (κ3) is 3.62. The minimum atomic E-state index is -3.94. The molecular formula is C17H28N3O3PS. The first-order valence-electron chi connectivity index (χ1n) is 8.47. The lowest BCUT2D eigenvalue weighted by molar-refractivity contribution is 0.385. The van der Waals surface area contributed by atoms with Gasteiger partial charge in [-0.05, 0) is 39.6 Å². The van der Waals surface area contributed by atoms with Gasteiger partial charge in [-0.25, -0.2) is 17.8 Å². The number of hydrogen-bond donors (Lipinski definition) is 0. The Kier molecular flexibility index (Phi) is 6.28. The second-order valence-electron chi connectivity index (χ2n) is 6.46. The van der Waals surface area contributed by atoms with Crippen LogP contribution in [0.4, 0.5) is 0 Å². The number of hydrogen-bond acceptors (Lipinski definition) is 3. The SMILES string of the molecule is C=CC(CCC)N(P1(=O)N(C)CCN1C)S(=O)(=O)c1ccc(C)cc1. The van der Waals surface area contributed by atoms with E-state index in [2.05, 4.69) is 6.58 Å². The summed E-state index contributed by atoms with van der Waals surface area (Å²) in [6.45, 7) is 8.81. The lowest BCUT2D eigenvalue weighted by Crippen LogP contribution is -2.41. The number of aryl methyl sites for hydroxylation is 1. The topological polar surface area (TPSA) is 60.9 Å². The van der Waals surface area contributed by atoms with E-state index in [1.807, 2.05) is 13.8 Å². The molecule has 1 unspecified atom stereocenters. The molecule has 1 heterocycles. The summed E-state index contributed by atoms with van der Waals surface area (Å²) in [6.07, 6.45) is 2.93. The summed E-state index contributed by atoms with van der Waals surface area (Å²) in [5.41, 5.74) is 0.973. The molecule has 140 valence electrons. The zero-order valence-corrected chi connectivity index (χ0v) is 17.1. The van der Waals surface area contributed by atoms with Crippen molar-refractivity contribution in [3.05, 3.63) is 42.5 Å². The molecule has 0 aliphatic carbocycles. The maximum Gasteiger partial charge on any atom is 0.300 e. The predicted molar refractivity (Wildman–Crippen MR) is 102 cm³/mol. The summed E-state index contributed by atoms with van der Waals surface area (Å²) < 4.78 is 45.3. The quantitative estimate of drug-likeness (QED) is 0.532. The van der Waals surface area contributed by atoms with Crippen LogP contribution in [0.5, 0.6) is 0 Å². The molecule has 0 amide bonds. The molecule has 6 nitrogen and oxygen atoms in total. The number of rotatable bonds is 7. The van der Waals surface area contributed by atoms with E-state index in [4.69, 9.17) is 0 Å². The molecule has 8 heteroatoms. The van der Waals surface area contributed by atoms with E-state index >= 15 is 0 Å². The second kappa shape index (κ2) is 7.72. The monoisotopic (exact) mass is 385 g/mol. The first-order chi connectivity index (χ1) is 11.7. The lowest BCUT2D eigenvalue weighted by atomic mass is 10.2. The Labute approximate surface area is 151 Å². The predicted octanol–water partition coefficient (Wildman–Crippen LogP) is 3.33. The van der Waals surface area contributed by atoms with Crippen LogP contribution in [0.3, 0.4) is 0 Å². The van der Waals surface area contributed by atoms with Crippen LogP contribution < -0.4 is 0 Å². The van der Waals surface area contributed by atoms with Crippen molar-refractivity contribution >= 4 is 17.6 Å². The number of likely N-dealkylation sites (N-methyl/N-ethyl adjacent to an activating group) is 2. The van der Waals surface area contributed by atoms with Gasteiger partial charge in [-0.1, -0.05) is 37.1 Å². The summed E-state index contributed by atoms with van der Waals surface area (Å²) in [5, 5.41) is 0. The summed E-state index contributed by atoms with van der Waals surface area (Å²) >= 11 is 0. The summed E-state index contributed by atoms with van der Waals surface area (Å²) in [4.78, 5) is 0.157. The maximum absolute atomic E-state index is 13.9. The molecular weight excluding hydrogens is 357 g/mol. The van der Waals surface area contributed by atoms with Crippen molar-refractivity contribution in [3.63, 3.8) is 0 Å². The zero-order valence-electron chi connectivity index (χ0n) is 15.4. The molecule has 1 atom stereocenters. The van der Waals surface area contributed by atoms with Gasteiger partial charge in [0.05, 0.1) is 10.9 Å². The van der Waals surface area contributed by atoms with Crippen molar-refractivity contribution in [2.24, 2.45) is 0 Å². The molecule has 0 N–H and O–H groups in total. The van der Waals surface area contributed by atoms with Gasteiger partial charge < -0.3 is 0 Å². The first-order valence-corrected chi connectivity index (χ1v) is 11.5. The number of nitrogens with zero attached hydrogens (tertiary/aromatic N) is 3. The molecule has 0 aromatic heterocycles. The van der Waals surface area contributed by atoms with Crippen LogP contribution in [0, 0.1) is 6.92 Å². The molecule has 1 aliphatic rings. The molecule has 0 bridgehead atoms. The van der Waals surface area contributed by atoms with Crippen molar-refractivity contribution in [2.75, 3.05) is 27.2 Å². The van der Waals surface area contributed by atoms with E-state index in [1.54, 1.807) is 53.8 Å². The van der Waals surface area contributed by atoms with E-state index in [9.17, 15) is 13.0 Å². The molecule has 2 rings (SSSR count). The van der Waals surface area contributed by atoms with Crippen molar-refractivity contribution in [1.82, 2.24) is 13.4 Å². The van der Waals surface area contributed by atoms with Crippen LogP contribution in [0.2, 0.25) is 0 Å². The minimum Gasteiger partial charge on any atom is -0.269 e. The molecule has 1 aromatic rings. The highest BCUT2D eigenvalue weighted by molar-refractivity contribution is 7.94. The Morgan fingerprint density at radius 2 is 1.76 bits per heavy atom. The van der Waals surface area contributed by atoms with E-state index in [-0.39, 0.29) is 4.90 Å². The Morgan fingerprint density at radius 3 is 2.20 bits per heavy atom. The highest BCUT2D eigenvalue weighted by Gasteiger charge is 2.51. The van der Waals surface area contributed by atoms with Crippen LogP contribution in [0.15, 0.2) is 41.8 Å². The van der Waals surface area contributed by atoms with Crippen molar-refractivity contribution < 1.29 is 13.0 Å². The fourth-order valence-corrected chi connectivity index (χ4v) is 8.87. The van der Waals surface area contributed by atoms with E-state index in [0.29, 0.717) is 19.5 Å². The van der Waals surface area contributed by atoms with Gasteiger partial charge in [0.15, 0.2) is 0 Å². The zero-order chi connectivity index (χ0) is 18.8. The van der Waals surface area contributed by atoms with Gasteiger partial charge in [0.25, 0.3) is 10.0 Å². The van der Waals surface area contributed by atoms with Gasteiger partial charge in [-0.15, -0.1) is 10.7 Å². The van der Waals surface area contributed by atoms with Gasteiger partial charge in [0, 0.05) is 13.1 Å². The average Bonchev–Trinajstić information content (AvgIpc) is 2.82. The van der Waals surface area contributed by atoms with Crippen LogP contribution in [0.25, 0.3) is 0 Å². The fraction of sp³-hybridized carbons (Fsp3) is 0.529. The molecule has 1 saturated heterocycles. The van der Waals surface area contributed by atoms with Crippen LogP contribution >= 0.6 is 7.59 Å². The Balaban J connectivity index is 2.64. The third-order valence-corrected chi connectivity index (χ3v) is 10.5. The van der Waals surface area contributed by atoms with E-state index in [0.717, 1.165) is 12.0 Å². The lowest BCUT2D eigenvalue weighted by Gasteiger charge is -2.38. The molecule has 25 heavy (non-hydrogen) atoms. The molecule has 0 radical (unpaired) electrons. The number of sulfonamides is 1. The highest BCUT2D eigenvalue weighted by Crippen LogP contribution is 2.61. The minimum absolute atomic E-state index is 0.157. The van der Waals surface area contributed by atoms with Crippen LogP contribution in [0.1, 0.15) is 25.3 Å². The fourth-order valence-electron chi connectivity index (χ4n) is 3.06. The van der Waals surface area contributed by atoms with Gasteiger partial charge >= 0.3 is 7.59 Å². The highest BCUT2D eigenvalue weighted by atomic mass is 32.2. The summed E-state index contributed by atoms with van der Waals surface area (Å²) in [7, 11) is -3.93. The first kappa shape index (κ1) is 20.3. The normalized spacial score (nSPS) is 20.0. The summed E-state index contributed by atoms with van der Waals surface area (Å²) in [5.74, 6) is 0. The molecule has 0 spiro atoms. The van der Waals surface area contributed by atoms with Gasteiger partial charge in [-0.2, -0.15) is 0 Å².